The number of ether oxygens (including phenoxy) is 1. The molecule has 3 nitrogen and oxygen atoms in total. The number of alkyl halides is 3. The average molecular weight is 349 g/mol. The van der Waals surface area contributed by atoms with Crippen LogP contribution in [0.4, 0.5) is 13.2 Å². The van der Waals surface area contributed by atoms with Crippen LogP contribution in [0.25, 0.3) is 0 Å². The van der Waals surface area contributed by atoms with Crippen LogP contribution < -0.4 is 4.74 Å². The molecule has 0 unspecified atom stereocenters. The molecule has 1 aromatic heterocycles. The molecule has 2 aromatic rings. The van der Waals surface area contributed by atoms with E-state index in [1.807, 2.05) is 12.3 Å². The fourth-order valence-electron chi connectivity index (χ4n) is 1.72. The van der Waals surface area contributed by atoms with Crippen molar-refractivity contribution in [1.29, 1.82) is 0 Å². The number of benzene rings is 1. The van der Waals surface area contributed by atoms with Crippen molar-refractivity contribution >= 4 is 22.1 Å². The molecule has 0 aliphatic heterocycles. The summed E-state index contributed by atoms with van der Waals surface area (Å²) in [4.78, 5) is 4.25. The molecule has 1 atom stereocenters. The van der Waals surface area contributed by atoms with E-state index in [2.05, 4.69) is 9.72 Å². The van der Waals surface area contributed by atoms with E-state index >= 15 is 0 Å². The van der Waals surface area contributed by atoms with Crippen molar-refractivity contribution in [3.05, 3.63) is 45.9 Å². The maximum absolute atomic E-state index is 12.0. The summed E-state index contributed by atoms with van der Waals surface area (Å²) in [6.07, 6.45) is -4.36. The molecule has 2 rings (SSSR count). The van der Waals surface area contributed by atoms with E-state index < -0.39 is 23.6 Å². The molecule has 0 radical (unpaired) electrons. The summed E-state index contributed by atoms with van der Waals surface area (Å²) in [5.74, 6) is 0.842. The second kappa shape index (κ2) is 7.23. The number of aryl methyl sites for hydroxylation is 1. The Bertz CT molecular complexity index is 638. The topological polar surface area (TPSA) is 39.2 Å². The number of hydrogen-bond acceptors (Lipinski definition) is 4. The highest BCUT2D eigenvalue weighted by molar-refractivity contribution is 7.83. The molecule has 22 heavy (non-hydrogen) atoms. The van der Waals surface area contributed by atoms with Gasteiger partial charge in [-0.15, -0.1) is 11.3 Å². The minimum Gasteiger partial charge on any atom is -0.484 e. The first kappa shape index (κ1) is 17.0. The number of rotatable bonds is 6. The lowest BCUT2D eigenvalue weighted by Crippen LogP contribution is -2.19. The van der Waals surface area contributed by atoms with Crippen molar-refractivity contribution in [3.63, 3.8) is 0 Å². The Morgan fingerprint density at radius 1 is 1.23 bits per heavy atom. The van der Waals surface area contributed by atoms with Crippen LogP contribution in [0.1, 0.15) is 16.3 Å². The normalized spacial score (nSPS) is 13.1. The summed E-state index contributed by atoms with van der Waals surface area (Å²) >= 11 is 1.51. The molecule has 1 aromatic carbocycles. The van der Waals surface area contributed by atoms with Crippen LogP contribution in [0.3, 0.4) is 0 Å². The van der Waals surface area contributed by atoms with Gasteiger partial charge < -0.3 is 4.74 Å². The van der Waals surface area contributed by atoms with Gasteiger partial charge in [-0.3, -0.25) is 4.21 Å². The first-order valence-corrected chi connectivity index (χ1v) is 8.73. The summed E-state index contributed by atoms with van der Waals surface area (Å²) in [7, 11) is -1.11. The van der Waals surface area contributed by atoms with Gasteiger partial charge in [0.2, 0.25) is 0 Å². The van der Waals surface area contributed by atoms with Crippen LogP contribution in [0, 0.1) is 6.92 Å². The molecule has 0 aliphatic rings. The lowest BCUT2D eigenvalue weighted by Gasteiger charge is -2.09. The first-order valence-electron chi connectivity index (χ1n) is 6.36. The summed E-state index contributed by atoms with van der Waals surface area (Å²) in [6.45, 7) is 0.568. The monoisotopic (exact) mass is 349 g/mol. The maximum Gasteiger partial charge on any atom is 0.422 e. The molecule has 0 aliphatic carbocycles. The number of hydrogen-bond donors (Lipinski definition) is 0. The van der Waals surface area contributed by atoms with E-state index in [-0.39, 0.29) is 5.75 Å². The van der Waals surface area contributed by atoms with Crippen LogP contribution >= 0.6 is 11.3 Å². The molecule has 8 heteroatoms. The zero-order valence-electron chi connectivity index (χ0n) is 11.7. The zero-order chi connectivity index (χ0) is 16.2. The molecule has 0 N–H and O–H groups in total. The number of halogens is 3. The molecule has 0 saturated heterocycles. The molecule has 0 fully saturated rings. The van der Waals surface area contributed by atoms with Gasteiger partial charge in [0.05, 0.1) is 16.5 Å². The first-order chi connectivity index (χ1) is 10.3. The molecule has 0 bridgehead atoms. The quantitative estimate of drug-likeness (QED) is 0.795. The van der Waals surface area contributed by atoms with Gasteiger partial charge in [0.1, 0.15) is 5.75 Å². The molecule has 0 spiro atoms. The molecular weight excluding hydrogens is 335 g/mol. The minimum atomic E-state index is -4.36. The Morgan fingerprint density at radius 2 is 1.91 bits per heavy atom. The highest BCUT2D eigenvalue weighted by atomic mass is 32.2. The average Bonchev–Trinajstić information content (AvgIpc) is 2.82. The van der Waals surface area contributed by atoms with Crippen molar-refractivity contribution in [2.45, 2.75) is 24.6 Å². The van der Waals surface area contributed by atoms with E-state index in [4.69, 9.17) is 0 Å². The van der Waals surface area contributed by atoms with Crippen molar-refractivity contribution in [3.8, 4) is 5.75 Å². The zero-order valence-corrected chi connectivity index (χ0v) is 13.4. The smallest absolute Gasteiger partial charge is 0.422 e. The Morgan fingerprint density at radius 3 is 2.45 bits per heavy atom. The van der Waals surface area contributed by atoms with Gasteiger partial charge in [-0.05, 0) is 24.6 Å². The van der Waals surface area contributed by atoms with Crippen LogP contribution in [0.5, 0.6) is 5.75 Å². The van der Waals surface area contributed by atoms with E-state index in [1.165, 1.54) is 23.5 Å². The lowest BCUT2D eigenvalue weighted by molar-refractivity contribution is -0.153. The van der Waals surface area contributed by atoms with Crippen LogP contribution in [0.2, 0.25) is 0 Å². The summed E-state index contributed by atoms with van der Waals surface area (Å²) in [5.41, 5.74) is 1.58. The SMILES string of the molecule is Cc1nc(C[S@@](=O)Cc2ccc(OCC(F)(F)F)cc2)cs1. The number of nitrogens with zero attached hydrogens (tertiary/aromatic N) is 1. The van der Waals surface area contributed by atoms with Crippen LogP contribution in [-0.4, -0.2) is 22.0 Å². The van der Waals surface area contributed by atoms with Gasteiger partial charge in [0.25, 0.3) is 0 Å². The van der Waals surface area contributed by atoms with Crippen molar-refractivity contribution in [2.75, 3.05) is 6.61 Å². The van der Waals surface area contributed by atoms with Gasteiger partial charge in [-0.25, -0.2) is 4.98 Å². The van der Waals surface area contributed by atoms with Gasteiger partial charge >= 0.3 is 6.18 Å². The fraction of sp³-hybridized carbons (Fsp3) is 0.357. The Balaban J connectivity index is 1.86. The predicted molar refractivity (Wildman–Crippen MR) is 80.4 cm³/mol. The van der Waals surface area contributed by atoms with Gasteiger partial charge in [-0.1, -0.05) is 12.1 Å². The van der Waals surface area contributed by atoms with Crippen LogP contribution in [0.15, 0.2) is 29.6 Å². The molecular formula is C14H14F3NO2S2. The summed E-state index contributed by atoms with van der Waals surface area (Å²) in [6, 6.07) is 6.14. The van der Waals surface area contributed by atoms with Gasteiger partial charge in [-0.2, -0.15) is 13.2 Å². The second-order valence-corrected chi connectivity index (χ2v) is 7.15. The third-order valence-electron chi connectivity index (χ3n) is 2.63. The largest absolute Gasteiger partial charge is 0.484 e. The van der Waals surface area contributed by atoms with Crippen molar-refractivity contribution in [2.24, 2.45) is 0 Å². The van der Waals surface area contributed by atoms with E-state index in [9.17, 15) is 17.4 Å². The summed E-state index contributed by atoms with van der Waals surface area (Å²) < 4.78 is 52.7. The van der Waals surface area contributed by atoms with E-state index in [0.717, 1.165) is 16.3 Å². The summed E-state index contributed by atoms with van der Waals surface area (Å²) in [5, 5.41) is 2.81. The Hall–Kier alpha value is -1.41. The van der Waals surface area contributed by atoms with Crippen molar-refractivity contribution < 1.29 is 22.1 Å². The molecule has 0 saturated carbocycles. The number of aromatic nitrogens is 1. The fourth-order valence-corrected chi connectivity index (χ4v) is 3.59. The predicted octanol–water partition coefficient (Wildman–Crippen LogP) is 3.84. The van der Waals surface area contributed by atoms with E-state index in [0.29, 0.717) is 11.5 Å². The standard InChI is InChI=1S/C14H14F3NO2S2/c1-10-18-12(6-21-10)8-22(19)7-11-2-4-13(5-3-11)20-9-14(15,16)17/h2-6H,7-9H2,1H3/t22-/m0/s1. The third-order valence-corrected chi connectivity index (χ3v) is 4.72. The Labute approximate surface area is 132 Å². The highest BCUT2D eigenvalue weighted by Crippen LogP contribution is 2.19. The Kier molecular flexibility index (Phi) is 5.57. The number of thiazole rings is 1. The molecule has 1 heterocycles. The molecule has 0 amide bonds. The van der Waals surface area contributed by atoms with E-state index in [1.54, 1.807) is 12.1 Å². The van der Waals surface area contributed by atoms with Crippen molar-refractivity contribution in [1.82, 2.24) is 4.98 Å². The lowest BCUT2D eigenvalue weighted by atomic mass is 10.2. The molecule has 120 valence electrons. The third kappa shape index (κ3) is 5.76. The highest BCUT2D eigenvalue weighted by Gasteiger charge is 2.28. The van der Waals surface area contributed by atoms with Crippen LogP contribution in [-0.2, 0) is 22.3 Å². The van der Waals surface area contributed by atoms with Gasteiger partial charge in [0, 0.05) is 21.9 Å². The maximum atomic E-state index is 12.0. The minimum absolute atomic E-state index is 0.141. The van der Waals surface area contributed by atoms with Gasteiger partial charge in [0.15, 0.2) is 6.61 Å². The second-order valence-electron chi connectivity index (χ2n) is 4.63.